The summed E-state index contributed by atoms with van der Waals surface area (Å²) in [6, 6.07) is 7.36. The number of carbonyl (C=O) groups is 2. The molecule has 1 aromatic rings. The number of imide groups is 1. The molecule has 1 fully saturated rings. The maximum atomic E-state index is 11.6. The van der Waals surface area contributed by atoms with Crippen LogP contribution in [0.3, 0.4) is 0 Å². The van der Waals surface area contributed by atoms with Gasteiger partial charge in [0.05, 0.1) is 13.0 Å². The molecule has 1 saturated heterocycles. The molecule has 1 heterocycles. The molecule has 2 rings (SSSR count). The molecule has 0 bridgehead atoms. The highest BCUT2D eigenvalue weighted by atomic mass is 16.5. The third-order valence-corrected chi connectivity index (χ3v) is 2.76. The Morgan fingerprint density at radius 2 is 1.94 bits per heavy atom. The minimum absolute atomic E-state index is 0.185. The van der Waals surface area contributed by atoms with Gasteiger partial charge in [0.15, 0.2) is 0 Å². The van der Waals surface area contributed by atoms with Crippen molar-refractivity contribution >= 4 is 11.8 Å². The predicted octanol–water partition coefficient (Wildman–Crippen LogP) is 1.22. The number of carbonyl (C=O) groups excluding carboxylic acids is 2. The van der Waals surface area contributed by atoms with Gasteiger partial charge in [0.2, 0.25) is 11.8 Å². The van der Waals surface area contributed by atoms with Gasteiger partial charge in [-0.1, -0.05) is 12.1 Å². The maximum Gasteiger partial charge on any atom is 0.234 e. The molecule has 4 heteroatoms. The summed E-state index contributed by atoms with van der Waals surface area (Å²) in [5.74, 6) is 0.149. The molecular weight excluding hydrogens is 206 g/mol. The number of benzene rings is 1. The van der Waals surface area contributed by atoms with Crippen LogP contribution < -0.4 is 10.1 Å². The highest BCUT2D eigenvalue weighted by Crippen LogP contribution is 2.26. The average Bonchev–Trinajstić information content (AvgIpc) is 2.29. The number of piperidine rings is 1. The molecule has 16 heavy (non-hydrogen) atoms. The van der Waals surface area contributed by atoms with E-state index >= 15 is 0 Å². The van der Waals surface area contributed by atoms with Crippen LogP contribution in [0.4, 0.5) is 0 Å². The van der Waals surface area contributed by atoms with E-state index in [0.717, 1.165) is 11.3 Å². The van der Waals surface area contributed by atoms with Crippen molar-refractivity contribution in [2.45, 2.75) is 18.8 Å². The molecule has 0 radical (unpaired) electrons. The first kappa shape index (κ1) is 10.7. The van der Waals surface area contributed by atoms with Crippen LogP contribution in [0.15, 0.2) is 24.3 Å². The van der Waals surface area contributed by atoms with Crippen LogP contribution in [0.2, 0.25) is 0 Å². The molecule has 1 atom stereocenters. The molecule has 4 nitrogen and oxygen atoms in total. The molecule has 0 aliphatic carbocycles. The van der Waals surface area contributed by atoms with Gasteiger partial charge in [-0.3, -0.25) is 14.9 Å². The molecule has 0 unspecified atom stereocenters. The Kier molecular flexibility index (Phi) is 2.90. The van der Waals surface area contributed by atoms with Gasteiger partial charge in [0, 0.05) is 6.42 Å². The zero-order valence-corrected chi connectivity index (χ0v) is 9.03. The van der Waals surface area contributed by atoms with Crippen LogP contribution in [0.5, 0.6) is 5.75 Å². The van der Waals surface area contributed by atoms with Crippen LogP contribution in [0, 0.1) is 0 Å². The van der Waals surface area contributed by atoms with Gasteiger partial charge in [-0.15, -0.1) is 0 Å². The summed E-state index contributed by atoms with van der Waals surface area (Å²) in [4.78, 5) is 22.6. The highest BCUT2D eigenvalue weighted by Gasteiger charge is 2.27. The molecule has 0 saturated carbocycles. The van der Waals surface area contributed by atoms with Crippen molar-refractivity contribution in [3.8, 4) is 5.75 Å². The summed E-state index contributed by atoms with van der Waals surface area (Å²) in [6.07, 6.45) is 0.986. The zero-order chi connectivity index (χ0) is 11.5. The molecule has 1 aromatic carbocycles. The number of methoxy groups -OCH3 is 1. The van der Waals surface area contributed by atoms with Crippen molar-refractivity contribution in [1.29, 1.82) is 0 Å². The van der Waals surface area contributed by atoms with Crippen molar-refractivity contribution in [3.63, 3.8) is 0 Å². The van der Waals surface area contributed by atoms with E-state index in [0.29, 0.717) is 12.8 Å². The number of nitrogens with one attached hydrogen (secondary N) is 1. The smallest absolute Gasteiger partial charge is 0.234 e. The number of hydrogen-bond acceptors (Lipinski definition) is 3. The zero-order valence-electron chi connectivity index (χ0n) is 9.03. The summed E-state index contributed by atoms with van der Waals surface area (Å²) >= 11 is 0. The van der Waals surface area contributed by atoms with E-state index in [2.05, 4.69) is 5.32 Å². The molecule has 1 N–H and O–H groups in total. The van der Waals surface area contributed by atoms with Gasteiger partial charge in [-0.05, 0) is 24.1 Å². The minimum atomic E-state index is -0.219. The second-order valence-corrected chi connectivity index (χ2v) is 3.78. The second-order valence-electron chi connectivity index (χ2n) is 3.78. The quantitative estimate of drug-likeness (QED) is 0.761. The Bertz CT molecular complexity index is 411. The Balaban J connectivity index is 2.17. The lowest BCUT2D eigenvalue weighted by atomic mass is 9.90. The van der Waals surface area contributed by atoms with Crippen LogP contribution in [-0.2, 0) is 9.59 Å². The molecule has 1 aliphatic heterocycles. The van der Waals surface area contributed by atoms with Gasteiger partial charge in [0.1, 0.15) is 5.75 Å². The molecule has 0 aromatic heterocycles. The van der Waals surface area contributed by atoms with Crippen molar-refractivity contribution in [3.05, 3.63) is 29.8 Å². The topological polar surface area (TPSA) is 55.4 Å². The normalized spacial score (nSPS) is 20.4. The number of hydrogen-bond donors (Lipinski definition) is 1. The first-order valence-corrected chi connectivity index (χ1v) is 5.18. The van der Waals surface area contributed by atoms with E-state index in [1.54, 1.807) is 7.11 Å². The van der Waals surface area contributed by atoms with Crippen molar-refractivity contribution < 1.29 is 14.3 Å². The van der Waals surface area contributed by atoms with E-state index in [-0.39, 0.29) is 17.7 Å². The molecule has 84 valence electrons. The van der Waals surface area contributed by atoms with Gasteiger partial charge >= 0.3 is 0 Å². The number of amides is 2. The first-order chi connectivity index (χ1) is 7.70. The summed E-state index contributed by atoms with van der Waals surface area (Å²) in [7, 11) is 1.60. The Hall–Kier alpha value is -1.84. The average molecular weight is 219 g/mol. The Morgan fingerprint density at radius 3 is 2.50 bits per heavy atom. The fraction of sp³-hybridized carbons (Fsp3) is 0.333. The summed E-state index contributed by atoms with van der Waals surface area (Å²) in [6.45, 7) is 0. The minimum Gasteiger partial charge on any atom is -0.497 e. The van der Waals surface area contributed by atoms with E-state index < -0.39 is 0 Å². The Morgan fingerprint density at radius 1 is 1.25 bits per heavy atom. The van der Waals surface area contributed by atoms with E-state index in [4.69, 9.17) is 4.74 Å². The van der Waals surface area contributed by atoms with Crippen molar-refractivity contribution in [2.24, 2.45) is 0 Å². The van der Waals surface area contributed by atoms with Gasteiger partial charge in [-0.2, -0.15) is 0 Å². The second kappa shape index (κ2) is 4.35. The molecule has 2 amide bonds. The van der Waals surface area contributed by atoms with E-state index in [1.165, 1.54) is 0 Å². The summed E-state index contributed by atoms with van der Waals surface area (Å²) in [5.41, 5.74) is 0.922. The van der Waals surface area contributed by atoms with Crippen LogP contribution in [0.25, 0.3) is 0 Å². The van der Waals surface area contributed by atoms with E-state index in [9.17, 15) is 9.59 Å². The number of ether oxygens (including phenoxy) is 1. The third-order valence-electron chi connectivity index (χ3n) is 2.76. The molecule has 1 aliphatic rings. The van der Waals surface area contributed by atoms with Gasteiger partial charge in [-0.25, -0.2) is 0 Å². The van der Waals surface area contributed by atoms with Crippen LogP contribution in [0.1, 0.15) is 24.3 Å². The summed E-state index contributed by atoms with van der Waals surface area (Å²) in [5, 5.41) is 2.35. The maximum absolute atomic E-state index is 11.6. The van der Waals surface area contributed by atoms with Crippen LogP contribution in [-0.4, -0.2) is 18.9 Å². The SMILES string of the molecule is COc1ccc([C@H]2CCC(=O)NC2=O)cc1. The standard InChI is InChI=1S/C12H13NO3/c1-16-9-4-2-8(3-5-9)10-6-7-11(14)13-12(10)15/h2-5,10H,6-7H2,1H3,(H,13,14,15)/t10-/m1/s1. The monoisotopic (exact) mass is 219 g/mol. The summed E-state index contributed by atoms with van der Waals surface area (Å²) < 4.78 is 5.05. The lowest BCUT2D eigenvalue weighted by Gasteiger charge is -2.21. The first-order valence-electron chi connectivity index (χ1n) is 5.18. The van der Waals surface area contributed by atoms with Gasteiger partial charge < -0.3 is 4.74 Å². The lowest BCUT2D eigenvalue weighted by molar-refractivity contribution is -0.134. The molecule has 0 spiro atoms. The van der Waals surface area contributed by atoms with Crippen molar-refractivity contribution in [1.82, 2.24) is 5.32 Å². The predicted molar refractivity (Wildman–Crippen MR) is 58.1 cm³/mol. The lowest BCUT2D eigenvalue weighted by Crippen LogP contribution is -2.39. The highest BCUT2D eigenvalue weighted by molar-refractivity contribution is 6.00. The molecular formula is C12H13NO3. The fourth-order valence-corrected chi connectivity index (χ4v) is 1.85. The van der Waals surface area contributed by atoms with Crippen LogP contribution >= 0.6 is 0 Å². The van der Waals surface area contributed by atoms with Crippen molar-refractivity contribution in [2.75, 3.05) is 7.11 Å². The van der Waals surface area contributed by atoms with Gasteiger partial charge in [0.25, 0.3) is 0 Å². The Labute approximate surface area is 93.6 Å². The largest absolute Gasteiger partial charge is 0.497 e. The third kappa shape index (κ3) is 2.05. The van der Waals surface area contributed by atoms with E-state index in [1.807, 2.05) is 24.3 Å². The fourth-order valence-electron chi connectivity index (χ4n) is 1.85. The number of rotatable bonds is 2.